The van der Waals surface area contributed by atoms with Gasteiger partial charge in [-0.25, -0.2) is 4.98 Å². The molecule has 4 N–H and O–H groups in total. The van der Waals surface area contributed by atoms with Crippen LogP contribution in [0.15, 0.2) is 31.0 Å². The van der Waals surface area contributed by atoms with Crippen LogP contribution < -0.4 is 11.5 Å². The van der Waals surface area contributed by atoms with E-state index in [4.69, 9.17) is 11.5 Å². The van der Waals surface area contributed by atoms with Crippen LogP contribution in [0, 0.1) is 0 Å². The fraction of sp³-hybridized carbons (Fsp3) is 0.214. The molecule has 3 aromatic rings. The number of nitrogen functional groups attached to an aromatic ring is 2. The lowest BCUT2D eigenvalue weighted by atomic mass is 10.1. The molecule has 0 aliphatic carbocycles. The Morgan fingerprint density at radius 2 is 2.15 bits per heavy atom. The van der Waals surface area contributed by atoms with E-state index in [1.165, 1.54) is 0 Å². The van der Waals surface area contributed by atoms with Gasteiger partial charge in [-0.05, 0) is 25.5 Å². The maximum Gasteiger partial charge on any atom is 0.222 e. The molecule has 0 fully saturated rings. The topological polar surface area (TPSA) is 95.6 Å². The molecule has 0 saturated heterocycles. The first-order valence-corrected chi connectivity index (χ1v) is 6.41. The zero-order valence-corrected chi connectivity index (χ0v) is 11.2. The molecule has 2 heterocycles. The van der Waals surface area contributed by atoms with E-state index in [2.05, 4.69) is 28.6 Å². The molecule has 0 amide bonds. The van der Waals surface area contributed by atoms with Crippen molar-refractivity contribution in [3.63, 3.8) is 0 Å². The molecule has 6 nitrogen and oxygen atoms in total. The lowest BCUT2D eigenvalue weighted by molar-refractivity contribution is 0.513. The smallest absolute Gasteiger partial charge is 0.222 e. The summed E-state index contributed by atoms with van der Waals surface area (Å²) in [5.41, 5.74) is 13.4. The number of nitrogens with two attached hydrogens (primary N) is 2. The van der Waals surface area contributed by atoms with Crippen molar-refractivity contribution in [2.75, 3.05) is 11.5 Å². The maximum absolute atomic E-state index is 5.98. The molecule has 0 spiro atoms. The Morgan fingerprint density at radius 3 is 2.90 bits per heavy atom. The number of nitrogens with zero attached hydrogens (tertiary/aromatic N) is 4. The molecule has 20 heavy (non-hydrogen) atoms. The minimum absolute atomic E-state index is 0.182. The highest BCUT2D eigenvalue weighted by Gasteiger charge is 2.14. The number of anilines is 2. The second-order valence-corrected chi connectivity index (χ2v) is 4.82. The molecule has 102 valence electrons. The second kappa shape index (κ2) is 4.48. The summed E-state index contributed by atoms with van der Waals surface area (Å²) in [6, 6.07) is 4.11. The van der Waals surface area contributed by atoms with Gasteiger partial charge in [-0.15, -0.1) is 6.58 Å². The van der Waals surface area contributed by atoms with Gasteiger partial charge in [0.15, 0.2) is 0 Å². The second-order valence-electron chi connectivity index (χ2n) is 4.82. The summed E-state index contributed by atoms with van der Waals surface area (Å²) in [5.74, 6) is 0.566. The Morgan fingerprint density at radius 1 is 1.35 bits per heavy atom. The SMILES string of the molecule is C=CCC(C)n1ncc2c3c(N)nc(N)nc3ccc21. The Balaban J connectivity index is 2.31. The van der Waals surface area contributed by atoms with Gasteiger partial charge >= 0.3 is 0 Å². The van der Waals surface area contributed by atoms with E-state index in [0.717, 1.165) is 28.2 Å². The zero-order valence-electron chi connectivity index (χ0n) is 11.2. The van der Waals surface area contributed by atoms with Gasteiger partial charge in [0.1, 0.15) is 5.82 Å². The van der Waals surface area contributed by atoms with Crippen LogP contribution in [0.2, 0.25) is 0 Å². The third-order valence-corrected chi connectivity index (χ3v) is 3.41. The average Bonchev–Trinajstić information content (AvgIpc) is 2.81. The number of benzene rings is 1. The first-order valence-electron chi connectivity index (χ1n) is 6.41. The normalized spacial score (nSPS) is 12.8. The standard InChI is InChI=1S/C14H16N6/c1-3-4-8(2)20-11-6-5-10-12(9(11)7-17-20)13(15)19-14(16)18-10/h3,5-8H,1,4H2,2H3,(H4,15,16,18,19). The van der Waals surface area contributed by atoms with Crippen molar-refractivity contribution in [1.29, 1.82) is 0 Å². The summed E-state index contributed by atoms with van der Waals surface area (Å²) < 4.78 is 1.96. The molecule has 1 atom stereocenters. The molecule has 0 saturated carbocycles. The van der Waals surface area contributed by atoms with Gasteiger partial charge in [0.05, 0.1) is 28.7 Å². The van der Waals surface area contributed by atoms with Crippen molar-refractivity contribution in [3.05, 3.63) is 31.0 Å². The van der Waals surface area contributed by atoms with Crippen LogP contribution in [-0.4, -0.2) is 19.7 Å². The lowest BCUT2D eigenvalue weighted by Crippen LogP contribution is -2.05. The van der Waals surface area contributed by atoms with Crippen molar-refractivity contribution in [2.45, 2.75) is 19.4 Å². The zero-order chi connectivity index (χ0) is 14.3. The first-order chi connectivity index (χ1) is 9.61. The molecule has 0 bridgehead atoms. The molecule has 1 aromatic carbocycles. The quantitative estimate of drug-likeness (QED) is 0.710. The minimum Gasteiger partial charge on any atom is -0.383 e. The van der Waals surface area contributed by atoms with Crippen molar-refractivity contribution >= 4 is 33.6 Å². The Bertz CT molecular complexity index is 804. The fourth-order valence-corrected chi connectivity index (χ4v) is 2.49. The van der Waals surface area contributed by atoms with E-state index in [9.17, 15) is 0 Å². The Labute approximate surface area is 116 Å². The van der Waals surface area contributed by atoms with Gasteiger partial charge in [0.25, 0.3) is 0 Å². The Kier molecular flexibility index (Phi) is 2.78. The number of hydrogen-bond acceptors (Lipinski definition) is 5. The van der Waals surface area contributed by atoms with Gasteiger partial charge in [-0.2, -0.15) is 10.1 Å². The molecule has 1 unspecified atom stereocenters. The number of allylic oxidation sites excluding steroid dienone is 1. The van der Waals surface area contributed by atoms with E-state index in [-0.39, 0.29) is 12.0 Å². The van der Waals surface area contributed by atoms with E-state index < -0.39 is 0 Å². The first kappa shape index (κ1) is 12.4. The van der Waals surface area contributed by atoms with Crippen molar-refractivity contribution < 1.29 is 0 Å². The maximum atomic E-state index is 5.98. The summed E-state index contributed by atoms with van der Waals surface area (Å²) in [5, 5.41) is 6.19. The highest BCUT2D eigenvalue weighted by atomic mass is 15.3. The Hall–Kier alpha value is -2.63. The van der Waals surface area contributed by atoms with Gasteiger partial charge in [0.2, 0.25) is 5.95 Å². The fourth-order valence-electron chi connectivity index (χ4n) is 2.49. The van der Waals surface area contributed by atoms with Crippen molar-refractivity contribution in [2.24, 2.45) is 0 Å². The third-order valence-electron chi connectivity index (χ3n) is 3.41. The van der Waals surface area contributed by atoms with E-state index >= 15 is 0 Å². The summed E-state index contributed by atoms with van der Waals surface area (Å²) in [4.78, 5) is 8.24. The number of fused-ring (bicyclic) bond motifs is 3. The van der Waals surface area contributed by atoms with Crippen LogP contribution in [0.4, 0.5) is 11.8 Å². The molecule has 0 aliphatic rings. The van der Waals surface area contributed by atoms with Crippen LogP contribution >= 0.6 is 0 Å². The van der Waals surface area contributed by atoms with Crippen LogP contribution in [0.3, 0.4) is 0 Å². The molecule has 3 rings (SSSR count). The third kappa shape index (κ3) is 1.77. The van der Waals surface area contributed by atoms with Crippen LogP contribution in [0.1, 0.15) is 19.4 Å². The summed E-state index contributed by atoms with van der Waals surface area (Å²) >= 11 is 0. The van der Waals surface area contributed by atoms with Crippen LogP contribution in [0.5, 0.6) is 0 Å². The number of rotatable bonds is 3. The van der Waals surface area contributed by atoms with Crippen molar-refractivity contribution in [3.8, 4) is 0 Å². The summed E-state index contributed by atoms with van der Waals surface area (Å²) in [7, 11) is 0. The van der Waals surface area contributed by atoms with E-state index in [1.54, 1.807) is 6.20 Å². The van der Waals surface area contributed by atoms with Gasteiger partial charge in [0, 0.05) is 5.39 Å². The van der Waals surface area contributed by atoms with Crippen molar-refractivity contribution in [1.82, 2.24) is 19.7 Å². The van der Waals surface area contributed by atoms with E-state index in [0.29, 0.717) is 5.82 Å². The summed E-state index contributed by atoms with van der Waals surface area (Å²) in [6.07, 6.45) is 4.53. The van der Waals surface area contributed by atoms with Crippen LogP contribution in [-0.2, 0) is 0 Å². The van der Waals surface area contributed by atoms with E-state index in [1.807, 2.05) is 22.9 Å². The monoisotopic (exact) mass is 268 g/mol. The van der Waals surface area contributed by atoms with Crippen LogP contribution in [0.25, 0.3) is 21.8 Å². The average molecular weight is 268 g/mol. The largest absolute Gasteiger partial charge is 0.383 e. The highest BCUT2D eigenvalue weighted by Crippen LogP contribution is 2.30. The number of aromatic nitrogens is 4. The van der Waals surface area contributed by atoms with Gasteiger partial charge in [-0.3, -0.25) is 4.68 Å². The highest BCUT2D eigenvalue weighted by molar-refractivity contribution is 6.09. The molecular weight excluding hydrogens is 252 g/mol. The molecule has 0 radical (unpaired) electrons. The number of hydrogen-bond donors (Lipinski definition) is 2. The van der Waals surface area contributed by atoms with Gasteiger partial charge in [-0.1, -0.05) is 6.08 Å². The molecular formula is C14H16N6. The predicted molar refractivity (Wildman–Crippen MR) is 81.2 cm³/mol. The molecule has 0 aliphatic heterocycles. The molecule has 2 aromatic heterocycles. The lowest BCUT2D eigenvalue weighted by Gasteiger charge is -2.11. The van der Waals surface area contributed by atoms with Gasteiger partial charge < -0.3 is 11.5 Å². The summed E-state index contributed by atoms with van der Waals surface area (Å²) in [6.45, 7) is 5.87. The minimum atomic E-state index is 0.182. The molecule has 6 heteroatoms. The predicted octanol–water partition coefficient (Wildman–Crippen LogP) is 2.28.